The smallest absolute Gasteiger partial charge is 0.244 e. The Hall–Kier alpha value is -4.72. The number of benzene rings is 4. The Morgan fingerprint density at radius 3 is 2.48 bits per heavy atom. The summed E-state index contributed by atoms with van der Waals surface area (Å²) in [7, 11) is -2.74. The Morgan fingerprint density at radius 2 is 1.75 bits per heavy atom. The number of ether oxygens (including phenoxy) is 1. The van der Waals surface area contributed by atoms with Crippen molar-refractivity contribution >= 4 is 32.6 Å². The van der Waals surface area contributed by atoms with Gasteiger partial charge in [-0.15, -0.1) is 0 Å². The van der Waals surface area contributed by atoms with Crippen LogP contribution in [0.1, 0.15) is 28.7 Å². The number of fused-ring (bicyclic) bond motifs is 2. The first-order chi connectivity index (χ1) is 21.2. The molecule has 4 aromatic rings. The summed E-state index contributed by atoms with van der Waals surface area (Å²) in [5.41, 5.74) is 3.58. The number of carbonyl (C=O) groups excluding carboxylic acids is 2. The number of nitrogens with one attached hydrogen (secondary N) is 1. The predicted molar refractivity (Wildman–Crippen MR) is 165 cm³/mol. The molecule has 1 aliphatic carbocycles. The van der Waals surface area contributed by atoms with Gasteiger partial charge in [0.25, 0.3) is 0 Å². The fraction of sp³-hybridized carbons (Fsp3) is 0.265. The Kier molecular flexibility index (Phi) is 8.08. The maximum Gasteiger partial charge on any atom is 0.244 e. The van der Waals surface area contributed by atoms with Crippen molar-refractivity contribution in [2.45, 2.75) is 42.8 Å². The fourth-order valence-corrected chi connectivity index (χ4v) is 7.77. The van der Waals surface area contributed by atoms with Crippen LogP contribution in [0.2, 0.25) is 0 Å². The van der Waals surface area contributed by atoms with Crippen LogP contribution in [0.15, 0.2) is 89.8 Å². The highest BCUT2D eigenvalue weighted by atomic mass is 32.2. The molecule has 1 atom stereocenters. The van der Waals surface area contributed by atoms with Gasteiger partial charge in [0.15, 0.2) is 0 Å². The quantitative estimate of drug-likeness (QED) is 0.309. The van der Waals surface area contributed by atoms with Crippen molar-refractivity contribution in [1.82, 2.24) is 14.5 Å². The van der Waals surface area contributed by atoms with E-state index in [-0.39, 0.29) is 29.8 Å². The molecule has 2 aliphatic rings. The van der Waals surface area contributed by atoms with E-state index in [0.29, 0.717) is 36.1 Å². The van der Waals surface area contributed by atoms with E-state index in [4.69, 9.17) is 4.74 Å². The molecule has 2 amide bonds. The van der Waals surface area contributed by atoms with Crippen molar-refractivity contribution in [2.75, 3.05) is 20.2 Å². The largest absolute Gasteiger partial charge is 0.497 e. The van der Waals surface area contributed by atoms with Crippen LogP contribution in [0.5, 0.6) is 5.75 Å². The van der Waals surface area contributed by atoms with Gasteiger partial charge < -0.3 is 15.0 Å². The number of hydrogen-bond donors (Lipinski definition) is 1. The number of likely N-dealkylation sites (tertiary alicyclic amines) is 1. The highest BCUT2D eigenvalue weighted by molar-refractivity contribution is 7.89. The normalized spacial score (nSPS) is 16.7. The topological polar surface area (TPSA) is 120 Å². The molecule has 0 radical (unpaired) electrons. The van der Waals surface area contributed by atoms with E-state index in [2.05, 4.69) is 11.4 Å². The van der Waals surface area contributed by atoms with Crippen LogP contribution >= 0.6 is 0 Å². The van der Waals surface area contributed by atoms with E-state index < -0.39 is 28.5 Å². The van der Waals surface area contributed by atoms with Crippen LogP contribution < -0.4 is 10.1 Å². The molecule has 0 bridgehead atoms. The minimum absolute atomic E-state index is 0.00713. The van der Waals surface area contributed by atoms with Gasteiger partial charge in [-0.05, 0) is 83.1 Å². The summed E-state index contributed by atoms with van der Waals surface area (Å²) in [6, 6.07) is 26.0. The Balaban J connectivity index is 1.28. The number of amides is 2. The number of nitriles is 1. The second kappa shape index (κ2) is 12.1. The molecular formula is C34H32N4O5S. The van der Waals surface area contributed by atoms with E-state index in [1.165, 1.54) is 6.07 Å². The molecule has 0 spiro atoms. The average molecular weight is 609 g/mol. The molecule has 224 valence electrons. The molecule has 1 aliphatic heterocycles. The van der Waals surface area contributed by atoms with Crippen LogP contribution in [-0.4, -0.2) is 61.7 Å². The summed E-state index contributed by atoms with van der Waals surface area (Å²) >= 11 is 0. The third-order valence-electron chi connectivity index (χ3n) is 8.39. The minimum atomic E-state index is -4.28. The summed E-state index contributed by atoms with van der Waals surface area (Å²) in [4.78, 5) is 28.8. The van der Waals surface area contributed by atoms with E-state index in [9.17, 15) is 23.3 Å². The lowest BCUT2D eigenvalue weighted by Gasteiger charge is -2.28. The van der Waals surface area contributed by atoms with Crippen LogP contribution in [0, 0.1) is 11.3 Å². The Labute approximate surface area is 256 Å². The zero-order chi connectivity index (χ0) is 30.8. The molecule has 1 heterocycles. The molecule has 10 heteroatoms. The lowest BCUT2D eigenvalue weighted by molar-refractivity contribution is -0.132. The molecule has 9 nitrogen and oxygen atoms in total. The molecule has 0 saturated carbocycles. The first-order valence-electron chi connectivity index (χ1n) is 14.5. The summed E-state index contributed by atoms with van der Waals surface area (Å²) in [5, 5.41) is 13.8. The molecular weight excluding hydrogens is 576 g/mol. The predicted octanol–water partition coefficient (Wildman–Crippen LogP) is 3.80. The van der Waals surface area contributed by atoms with E-state index in [1.54, 1.807) is 54.5 Å². The van der Waals surface area contributed by atoms with Gasteiger partial charge in [-0.3, -0.25) is 9.59 Å². The molecule has 1 fully saturated rings. The number of methoxy groups -OCH3 is 1. The van der Waals surface area contributed by atoms with Crippen molar-refractivity contribution in [3.63, 3.8) is 0 Å². The molecule has 1 saturated heterocycles. The second-order valence-electron chi connectivity index (χ2n) is 11.2. The summed E-state index contributed by atoms with van der Waals surface area (Å²) in [6.07, 6.45) is 1.57. The lowest BCUT2D eigenvalue weighted by atomic mass is 10.1. The van der Waals surface area contributed by atoms with Gasteiger partial charge in [0, 0.05) is 19.1 Å². The first kappa shape index (κ1) is 29.4. The standard InChI is InChI=1S/C34H32N4O5S/c1-43-30-11-9-25-10-12-31(19-28(25)18-30)44(41,42)38(22-33(39)36-29-16-26-7-2-3-8-27(26)17-29)32-13-14-37(34(32)40)21-24-6-4-5-23(15-24)20-35/h2-12,15,18-19,29,32H,13-14,16-17,21-22H2,1H3,(H,36,39)/t32-/m0/s1. The number of sulfonamides is 1. The molecule has 0 aromatic heterocycles. The van der Waals surface area contributed by atoms with Crippen molar-refractivity contribution in [3.8, 4) is 11.8 Å². The van der Waals surface area contributed by atoms with Gasteiger partial charge >= 0.3 is 0 Å². The molecule has 0 unspecified atom stereocenters. The van der Waals surface area contributed by atoms with Crippen LogP contribution in [0.25, 0.3) is 10.8 Å². The van der Waals surface area contributed by atoms with Gasteiger partial charge in [0.05, 0.1) is 30.2 Å². The lowest BCUT2D eigenvalue weighted by Crippen LogP contribution is -2.50. The van der Waals surface area contributed by atoms with Crippen LogP contribution in [-0.2, 0) is 39.0 Å². The van der Waals surface area contributed by atoms with E-state index in [0.717, 1.165) is 26.4 Å². The minimum Gasteiger partial charge on any atom is -0.497 e. The Morgan fingerprint density at radius 1 is 1.00 bits per heavy atom. The fourth-order valence-electron chi connectivity index (χ4n) is 6.17. The molecule has 1 N–H and O–H groups in total. The number of hydrogen-bond acceptors (Lipinski definition) is 6. The van der Waals surface area contributed by atoms with Gasteiger partial charge in [-0.25, -0.2) is 8.42 Å². The van der Waals surface area contributed by atoms with Gasteiger partial charge in [-0.2, -0.15) is 9.57 Å². The van der Waals surface area contributed by atoms with Crippen molar-refractivity contribution in [3.05, 3.63) is 107 Å². The van der Waals surface area contributed by atoms with Gasteiger partial charge in [-0.1, -0.05) is 48.5 Å². The highest BCUT2D eigenvalue weighted by Gasteiger charge is 2.43. The molecule has 44 heavy (non-hydrogen) atoms. The Bertz CT molecular complexity index is 1880. The van der Waals surface area contributed by atoms with Crippen molar-refractivity contribution in [1.29, 1.82) is 5.26 Å². The first-order valence-corrected chi connectivity index (χ1v) is 15.9. The third-order valence-corrected chi connectivity index (χ3v) is 10.2. The number of carbonyl (C=O) groups is 2. The average Bonchev–Trinajstić information content (AvgIpc) is 3.61. The highest BCUT2D eigenvalue weighted by Crippen LogP contribution is 2.30. The summed E-state index contributed by atoms with van der Waals surface area (Å²) < 4.78 is 34.9. The van der Waals surface area contributed by atoms with Crippen LogP contribution in [0.3, 0.4) is 0 Å². The maximum atomic E-state index is 14.3. The molecule has 4 aromatic carbocycles. The summed E-state index contributed by atoms with van der Waals surface area (Å²) in [5.74, 6) is -0.246. The monoisotopic (exact) mass is 608 g/mol. The number of rotatable bonds is 9. The number of nitrogens with zero attached hydrogens (tertiary/aromatic N) is 3. The van der Waals surface area contributed by atoms with Crippen LogP contribution in [0.4, 0.5) is 0 Å². The van der Waals surface area contributed by atoms with Crippen molar-refractivity contribution in [2.24, 2.45) is 0 Å². The third kappa shape index (κ3) is 5.89. The summed E-state index contributed by atoms with van der Waals surface area (Å²) in [6.45, 7) is 0.0707. The van der Waals surface area contributed by atoms with E-state index >= 15 is 0 Å². The zero-order valence-electron chi connectivity index (χ0n) is 24.3. The SMILES string of the molecule is COc1ccc2ccc(S(=O)(=O)N(CC(=O)NC3Cc4ccccc4C3)[C@H]3CCN(Cc4cccc(C#N)c4)C3=O)cc2c1. The van der Waals surface area contributed by atoms with Crippen molar-refractivity contribution < 1.29 is 22.7 Å². The zero-order valence-corrected chi connectivity index (χ0v) is 25.1. The van der Waals surface area contributed by atoms with Gasteiger partial charge in [0.1, 0.15) is 11.8 Å². The van der Waals surface area contributed by atoms with E-state index in [1.807, 2.05) is 36.4 Å². The molecule has 6 rings (SSSR count). The maximum absolute atomic E-state index is 14.3. The van der Waals surface area contributed by atoms with Gasteiger partial charge in [0.2, 0.25) is 21.8 Å². The second-order valence-corrected chi connectivity index (χ2v) is 13.1.